The lowest BCUT2D eigenvalue weighted by Crippen LogP contribution is -1.97. The molecule has 0 saturated carbocycles. The van der Waals surface area contributed by atoms with Crippen molar-refractivity contribution in [2.75, 3.05) is 0 Å². The zero-order chi connectivity index (χ0) is 16.2. The fourth-order valence-corrected chi connectivity index (χ4v) is 2.98. The van der Waals surface area contributed by atoms with Crippen molar-refractivity contribution < 1.29 is 4.52 Å². The molecule has 0 fully saturated rings. The predicted molar refractivity (Wildman–Crippen MR) is 86.8 cm³/mol. The van der Waals surface area contributed by atoms with Gasteiger partial charge in [0.05, 0.1) is 5.25 Å². The summed E-state index contributed by atoms with van der Waals surface area (Å²) in [6.07, 6.45) is 5.32. The summed E-state index contributed by atoms with van der Waals surface area (Å²) in [6, 6.07) is 3.83. The third-order valence-corrected chi connectivity index (χ3v) is 4.48. The number of nitrogens with zero attached hydrogens (tertiary/aromatic N) is 6. The lowest BCUT2D eigenvalue weighted by atomic mass is 10.2. The van der Waals surface area contributed by atoms with Crippen LogP contribution in [0.25, 0.3) is 11.4 Å². The Morgan fingerprint density at radius 3 is 2.78 bits per heavy atom. The Bertz CT molecular complexity index is 769. The molecular weight excluding hydrogens is 312 g/mol. The molecule has 0 amide bonds. The van der Waals surface area contributed by atoms with E-state index in [2.05, 4.69) is 32.2 Å². The Hall–Kier alpha value is -2.22. The summed E-state index contributed by atoms with van der Waals surface area (Å²) in [7, 11) is 1.95. The van der Waals surface area contributed by atoms with Crippen LogP contribution < -0.4 is 0 Å². The average Bonchev–Trinajstić information content (AvgIpc) is 3.17. The maximum atomic E-state index is 5.33. The number of aryl methyl sites for hydroxylation is 1. The molecule has 0 aromatic carbocycles. The van der Waals surface area contributed by atoms with E-state index in [0.717, 1.165) is 35.2 Å². The van der Waals surface area contributed by atoms with E-state index in [0.29, 0.717) is 5.89 Å². The molecule has 0 saturated heterocycles. The van der Waals surface area contributed by atoms with E-state index in [1.165, 1.54) is 0 Å². The Morgan fingerprint density at radius 1 is 1.26 bits per heavy atom. The summed E-state index contributed by atoms with van der Waals surface area (Å²) >= 11 is 1.55. The Kier molecular flexibility index (Phi) is 4.71. The van der Waals surface area contributed by atoms with Gasteiger partial charge in [-0.3, -0.25) is 4.98 Å². The van der Waals surface area contributed by atoms with Crippen LogP contribution in [0.2, 0.25) is 0 Å². The number of hydrogen-bond donors (Lipinski definition) is 0. The maximum absolute atomic E-state index is 5.33. The Balaban J connectivity index is 1.76. The highest BCUT2D eigenvalue weighted by Crippen LogP contribution is 2.33. The molecule has 0 aliphatic carbocycles. The van der Waals surface area contributed by atoms with Crippen LogP contribution in [0.4, 0.5) is 0 Å². The highest BCUT2D eigenvalue weighted by atomic mass is 32.2. The highest BCUT2D eigenvalue weighted by Gasteiger charge is 2.19. The van der Waals surface area contributed by atoms with Crippen LogP contribution in [0.1, 0.15) is 37.2 Å². The molecule has 1 atom stereocenters. The van der Waals surface area contributed by atoms with Gasteiger partial charge in [0.15, 0.2) is 16.8 Å². The molecule has 120 valence electrons. The molecule has 0 N–H and O–H groups in total. The van der Waals surface area contributed by atoms with Gasteiger partial charge in [-0.25, -0.2) is 0 Å². The van der Waals surface area contributed by atoms with Crippen molar-refractivity contribution in [3.63, 3.8) is 0 Å². The van der Waals surface area contributed by atoms with Gasteiger partial charge in [-0.2, -0.15) is 4.98 Å². The molecule has 3 heterocycles. The van der Waals surface area contributed by atoms with Crippen LogP contribution in [0, 0.1) is 0 Å². The van der Waals surface area contributed by atoms with Crippen molar-refractivity contribution in [1.82, 2.24) is 29.9 Å². The van der Waals surface area contributed by atoms with Gasteiger partial charge < -0.3 is 9.09 Å². The third kappa shape index (κ3) is 3.42. The Labute approximate surface area is 138 Å². The highest BCUT2D eigenvalue weighted by molar-refractivity contribution is 7.99. The first kappa shape index (κ1) is 15.7. The molecule has 3 rings (SSSR count). The third-order valence-electron chi connectivity index (χ3n) is 3.36. The van der Waals surface area contributed by atoms with Gasteiger partial charge in [0.1, 0.15) is 0 Å². The second-order valence-corrected chi connectivity index (χ2v) is 6.47. The van der Waals surface area contributed by atoms with Crippen molar-refractivity contribution in [1.29, 1.82) is 0 Å². The first-order valence-corrected chi connectivity index (χ1v) is 8.36. The smallest absolute Gasteiger partial charge is 0.239 e. The van der Waals surface area contributed by atoms with Gasteiger partial charge in [-0.1, -0.05) is 23.8 Å². The van der Waals surface area contributed by atoms with Crippen LogP contribution in [0.5, 0.6) is 0 Å². The van der Waals surface area contributed by atoms with Gasteiger partial charge in [-0.05, 0) is 25.5 Å². The minimum Gasteiger partial charge on any atom is -0.338 e. The fourth-order valence-electron chi connectivity index (χ4n) is 2.14. The predicted octanol–water partition coefficient (Wildman–Crippen LogP) is 3.07. The number of aromatic nitrogens is 6. The maximum Gasteiger partial charge on any atom is 0.239 e. The lowest BCUT2D eigenvalue weighted by Gasteiger charge is -2.06. The van der Waals surface area contributed by atoms with Crippen molar-refractivity contribution in [3.05, 3.63) is 36.2 Å². The van der Waals surface area contributed by atoms with Crippen LogP contribution in [-0.4, -0.2) is 29.9 Å². The van der Waals surface area contributed by atoms with Gasteiger partial charge in [0.25, 0.3) is 0 Å². The van der Waals surface area contributed by atoms with E-state index in [1.54, 1.807) is 24.2 Å². The normalized spacial score (nSPS) is 12.5. The van der Waals surface area contributed by atoms with Crippen LogP contribution >= 0.6 is 11.8 Å². The van der Waals surface area contributed by atoms with Gasteiger partial charge in [0.2, 0.25) is 5.89 Å². The standard InChI is InChI=1S/C15H18N6OS/c1-4-5-12-17-14(22-20-12)10(2)23-15-19-18-13(21(15)3)11-6-8-16-9-7-11/h6-10H,4-5H2,1-3H3/t10-/m0/s1. The van der Waals surface area contributed by atoms with E-state index in [4.69, 9.17) is 4.52 Å². The van der Waals surface area contributed by atoms with Crippen molar-refractivity contribution >= 4 is 11.8 Å². The van der Waals surface area contributed by atoms with Crippen LogP contribution in [0.15, 0.2) is 34.2 Å². The monoisotopic (exact) mass is 330 g/mol. The summed E-state index contributed by atoms with van der Waals surface area (Å²) in [6.45, 7) is 4.11. The summed E-state index contributed by atoms with van der Waals surface area (Å²) in [5.74, 6) is 2.18. The molecule has 3 aromatic heterocycles. The summed E-state index contributed by atoms with van der Waals surface area (Å²) in [5, 5.41) is 13.3. The van der Waals surface area contributed by atoms with Gasteiger partial charge >= 0.3 is 0 Å². The summed E-state index contributed by atoms with van der Waals surface area (Å²) in [5.41, 5.74) is 0.984. The van der Waals surface area contributed by atoms with Crippen molar-refractivity contribution in [3.8, 4) is 11.4 Å². The van der Waals surface area contributed by atoms with E-state index in [1.807, 2.05) is 30.7 Å². The van der Waals surface area contributed by atoms with E-state index in [-0.39, 0.29) is 5.25 Å². The average molecular weight is 330 g/mol. The molecule has 3 aromatic rings. The molecule has 0 unspecified atom stereocenters. The summed E-state index contributed by atoms with van der Waals surface area (Å²) < 4.78 is 7.29. The number of pyridine rings is 1. The topological polar surface area (TPSA) is 82.5 Å². The molecule has 8 heteroatoms. The minimum absolute atomic E-state index is 0.0151. The zero-order valence-electron chi connectivity index (χ0n) is 13.3. The number of rotatable bonds is 6. The molecule has 23 heavy (non-hydrogen) atoms. The molecule has 0 bridgehead atoms. The first-order valence-electron chi connectivity index (χ1n) is 7.48. The zero-order valence-corrected chi connectivity index (χ0v) is 14.1. The molecule has 0 aliphatic heterocycles. The van der Waals surface area contributed by atoms with E-state index >= 15 is 0 Å². The van der Waals surface area contributed by atoms with Gasteiger partial charge in [-0.15, -0.1) is 10.2 Å². The minimum atomic E-state index is 0.0151. The SMILES string of the molecule is CCCc1noc([C@H](C)Sc2nnc(-c3ccncc3)n2C)n1. The summed E-state index contributed by atoms with van der Waals surface area (Å²) in [4.78, 5) is 8.45. The van der Waals surface area contributed by atoms with Crippen molar-refractivity contribution in [2.24, 2.45) is 7.05 Å². The largest absolute Gasteiger partial charge is 0.338 e. The van der Waals surface area contributed by atoms with Gasteiger partial charge in [0, 0.05) is 31.4 Å². The first-order chi connectivity index (χ1) is 11.2. The fraction of sp³-hybridized carbons (Fsp3) is 0.400. The second kappa shape index (κ2) is 6.91. The molecule has 0 radical (unpaired) electrons. The molecule has 0 aliphatic rings. The van der Waals surface area contributed by atoms with Crippen LogP contribution in [-0.2, 0) is 13.5 Å². The molecular formula is C15H18N6OS. The number of hydrogen-bond acceptors (Lipinski definition) is 7. The quantitative estimate of drug-likeness (QED) is 0.642. The number of thioether (sulfide) groups is 1. The van der Waals surface area contributed by atoms with E-state index in [9.17, 15) is 0 Å². The Morgan fingerprint density at radius 2 is 2.04 bits per heavy atom. The van der Waals surface area contributed by atoms with E-state index < -0.39 is 0 Å². The molecule has 7 nitrogen and oxygen atoms in total. The molecule has 0 spiro atoms. The van der Waals surface area contributed by atoms with Crippen LogP contribution in [0.3, 0.4) is 0 Å². The van der Waals surface area contributed by atoms with Crippen molar-refractivity contribution in [2.45, 2.75) is 37.1 Å². The second-order valence-electron chi connectivity index (χ2n) is 5.16. The lowest BCUT2D eigenvalue weighted by molar-refractivity contribution is 0.374.